The third kappa shape index (κ3) is 4.82. The number of carbonyl (C=O) groups excluding carboxylic acids is 2. The van der Waals surface area contributed by atoms with Gasteiger partial charge in [-0.25, -0.2) is 13.2 Å². The predicted octanol–water partition coefficient (Wildman–Crippen LogP) is 3.23. The number of rotatable bonds is 4. The Hall–Kier alpha value is -2.35. The standard InChI is InChI=1S/C15H10BrF3N2O2/c16-9-3-8(4-10(17)5-9)15(23)20-7-14(22)21-11-1-2-12(18)13(19)6-11/h1-6H,7H2,(H,20,23)(H,21,22). The van der Waals surface area contributed by atoms with Crippen LogP contribution in [0.3, 0.4) is 0 Å². The van der Waals surface area contributed by atoms with E-state index < -0.39 is 35.8 Å². The van der Waals surface area contributed by atoms with Crippen LogP contribution in [-0.4, -0.2) is 18.4 Å². The van der Waals surface area contributed by atoms with Crippen LogP contribution in [0.5, 0.6) is 0 Å². The first-order chi connectivity index (χ1) is 10.8. The highest BCUT2D eigenvalue weighted by Crippen LogP contribution is 2.15. The van der Waals surface area contributed by atoms with E-state index in [1.54, 1.807) is 0 Å². The van der Waals surface area contributed by atoms with Gasteiger partial charge < -0.3 is 10.6 Å². The summed E-state index contributed by atoms with van der Waals surface area (Å²) in [6.07, 6.45) is 0. The summed E-state index contributed by atoms with van der Waals surface area (Å²) in [5, 5.41) is 4.59. The summed E-state index contributed by atoms with van der Waals surface area (Å²) in [7, 11) is 0. The molecule has 0 aliphatic carbocycles. The molecule has 2 aromatic rings. The van der Waals surface area contributed by atoms with Crippen molar-refractivity contribution in [2.45, 2.75) is 0 Å². The molecule has 0 heterocycles. The van der Waals surface area contributed by atoms with Crippen LogP contribution in [0.4, 0.5) is 18.9 Å². The number of hydrogen-bond acceptors (Lipinski definition) is 2. The van der Waals surface area contributed by atoms with E-state index in [-0.39, 0.29) is 11.3 Å². The van der Waals surface area contributed by atoms with E-state index in [9.17, 15) is 22.8 Å². The number of nitrogens with one attached hydrogen (secondary N) is 2. The zero-order valence-corrected chi connectivity index (χ0v) is 13.1. The summed E-state index contributed by atoms with van der Waals surface area (Å²) in [6, 6.07) is 6.47. The molecule has 0 aliphatic rings. The molecule has 2 aromatic carbocycles. The molecule has 0 saturated heterocycles. The van der Waals surface area contributed by atoms with Gasteiger partial charge in [0.25, 0.3) is 5.91 Å². The maximum atomic E-state index is 13.2. The third-order valence-corrected chi connectivity index (χ3v) is 3.20. The molecule has 0 atom stereocenters. The summed E-state index contributed by atoms with van der Waals surface area (Å²) < 4.78 is 39.3. The highest BCUT2D eigenvalue weighted by atomic mass is 79.9. The van der Waals surface area contributed by atoms with Crippen LogP contribution in [0.1, 0.15) is 10.4 Å². The van der Waals surface area contributed by atoms with Crippen molar-refractivity contribution in [3.8, 4) is 0 Å². The number of benzene rings is 2. The largest absolute Gasteiger partial charge is 0.343 e. The van der Waals surface area contributed by atoms with Crippen LogP contribution in [0.2, 0.25) is 0 Å². The number of anilines is 1. The fourth-order valence-electron chi connectivity index (χ4n) is 1.73. The van der Waals surface area contributed by atoms with Crippen molar-refractivity contribution in [1.29, 1.82) is 0 Å². The number of hydrogen-bond donors (Lipinski definition) is 2. The lowest BCUT2D eigenvalue weighted by atomic mass is 10.2. The molecule has 0 radical (unpaired) electrons. The second-order valence-corrected chi connectivity index (χ2v) is 5.43. The van der Waals surface area contributed by atoms with Gasteiger partial charge in [-0.05, 0) is 30.3 Å². The molecule has 0 spiro atoms. The van der Waals surface area contributed by atoms with E-state index in [4.69, 9.17) is 0 Å². The SMILES string of the molecule is O=C(CNC(=O)c1cc(F)cc(Br)c1)Nc1ccc(F)c(F)c1. The average molecular weight is 387 g/mol. The summed E-state index contributed by atoms with van der Waals surface area (Å²) in [4.78, 5) is 23.5. The van der Waals surface area contributed by atoms with Crippen LogP contribution in [0, 0.1) is 17.5 Å². The molecule has 0 aliphatic heterocycles. The maximum Gasteiger partial charge on any atom is 0.251 e. The Morgan fingerprint density at radius 3 is 2.39 bits per heavy atom. The number of halogens is 4. The van der Waals surface area contributed by atoms with Crippen LogP contribution >= 0.6 is 15.9 Å². The Morgan fingerprint density at radius 2 is 1.74 bits per heavy atom. The van der Waals surface area contributed by atoms with Gasteiger partial charge in [0.1, 0.15) is 5.82 Å². The smallest absolute Gasteiger partial charge is 0.251 e. The third-order valence-electron chi connectivity index (χ3n) is 2.74. The topological polar surface area (TPSA) is 58.2 Å². The van der Waals surface area contributed by atoms with Crippen LogP contribution < -0.4 is 10.6 Å². The molecule has 120 valence electrons. The van der Waals surface area contributed by atoms with Gasteiger partial charge >= 0.3 is 0 Å². The zero-order valence-electron chi connectivity index (χ0n) is 11.5. The van der Waals surface area contributed by atoms with E-state index in [2.05, 4.69) is 26.6 Å². The Bertz CT molecular complexity index is 748. The molecular weight excluding hydrogens is 377 g/mol. The van der Waals surface area contributed by atoms with Crippen LogP contribution in [-0.2, 0) is 4.79 Å². The van der Waals surface area contributed by atoms with Crippen molar-refractivity contribution >= 4 is 33.4 Å². The molecule has 2 N–H and O–H groups in total. The first-order valence-corrected chi connectivity index (χ1v) is 7.13. The molecule has 0 unspecified atom stereocenters. The van der Waals surface area contributed by atoms with Crippen molar-refractivity contribution < 1.29 is 22.8 Å². The Morgan fingerprint density at radius 1 is 1.00 bits per heavy atom. The van der Waals surface area contributed by atoms with Crippen molar-refractivity contribution in [2.75, 3.05) is 11.9 Å². The molecule has 0 fully saturated rings. The molecule has 0 aromatic heterocycles. The molecule has 8 heteroatoms. The summed E-state index contributed by atoms with van der Waals surface area (Å²) >= 11 is 3.05. The van der Waals surface area contributed by atoms with E-state index in [1.807, 2.05) is 0 Å². The molecule has 23 heavy (non-hydrogen) atoms. The minimum absolute atomic E-state index is 0.0394. The van der Waals surface area contributed by atoms with Gasteiger partial charge in [-0.1, -0.05) is 15.9 Å². The highest BCUT2D eigenvalue weighted by Gasteiger charge is 2.11. The van der Waals surface area contributed by atoms with Gasteiger partial charge in [-0.15, -0.1) is 0 Å². The fraction of sp³-hybridized carbons (Fsp3) is 0.0667. The number of carbonyl (C=O) groups is 2. The maximum absolute atomic E-state index is 13.2. The normalized spacial score (nSPS) is 10.3. The van der Waals surface area contributed by atoms with Crippen molar-refractivity contribution in [1.82, 2.24) is 5.32 Å². The Kier molecular flexibility index (Phi) is 5.38. The van der Waals surface area contributed by atoms with E-state index in [1.165, 1.54) is 18.2 Å². The quantitative estimate of drug-likeness (QED) is 0.847. The summed E-state index contributed by atoms with van der Waals surface area (Å²) in [5.41, 5.74) is 0.0918. The number of amides is 2. The molecule has 0 bridgehead atoms. The van der Waals surface area contributed by atoms with Crippen molar-refractivity contribution in [3.05, 3.63) is 63.9 Å². The zero-order chi connectivity index (χ0) is 17.0. The lowest BCUT2D eigenvalue weighted by Crippen LogP contribution is -2.32. The second-order valence-electron chi connectivity index (χ2n) is 4.52. The Balaban J connectivity index is 1.93. The second kappa shape index (κ2) is 7.28. The van der Waals surface area contributed by atoms with Gasteiger partial charge in [0.2, 0.25) is 5.91 Å². The van der Waals surface area contributed by atoms with Crippen LogP contribution in [0.25, 0.3) is 0 Å². The monoisotopic (exact) mass is 386 g/mol. The van der Waals surface area contributed by atoms with E-state index >= 15 is 0 Å². The predicted molar refractivity (Wildman–Crippen MR) is 81.4 cm³/mol. The minimum Gasteiger partial charge on any atom is -0.343 e. The van der Waals surface area contributed by atoms with Gasteiger partial charge in [0, 0.05) is 21.8 Å². The molecule has 4 nitrogen and oxygen atoms in total. The van der Waals surface area contributed by atoms with E-state index in [0.29, 0.717) is 4.47 Å². The first-order valence-electron chi connectivity index (χ1n) is 6.34. The average Bonchev–Trinajstić information content (AvgIpc) is 2.47. The van der Waals surface area contributed by atoms with Crippen LogP contribution in [0.15, 0.2) is 40.9 Å². The summed E-state index contributed by atoms with van der Waals surface area (Å²) in [6.45, 7) is -0.411. The molecular formula is C15H10BrF3N2O2. The van der Waals surface area contributed by atoms with Gasteiger partial charge in [0.05, 0.1) is 6.54 Å². The lowest BCUT2D eigenvalue weighted by Gasteiger charge is -2.08. The highest BCUT2D eigenvalue weighted by molar-refractivity contribution is 9.10. The van der Waals surface area contributed by atoms with E-state index in [0.717, 1.165) is 18.2 Å². The molecule has 2 amide bonds. The van der Waals surface area contributed by atoms with Crippen molar-refractivity contribution in [2.24, 2.45) is 0 Å². The minimum atomic E-state index is -1.10. The summed E-state index contributed by atoms with van der Waals surface area (Å²) in [5.74, 6) is -4.02. The van der Waals surface area contributed by atoms with Crippen molar-refractivity contribution in [3.63, 3.8) is 0 Å². The molecule has 0 saturated carbocycles. The van der Waals surface area contributed by atoms with Gasteiger partial charge in [-0.2, -0.15) is 0 Å². The Labute approximate surface area is 137 Å². The van der Waals surface area contributed by atoms with Gasteiger partial charge in [-0.3, -0.25) is 9.59 Å². The lowest BCUT2D eigenvalue weighted by molar-refractivity contribution is -0.115. The molecule has 2 rings (SSSR count). The van der Waals surface area contributed by atoms with Gasteiger partial charge in [0.15, 0.2) is 11.6 Å². The first kappa shape index (κ1) is 17.0. The fourth-order valence-corrected chi connectivity index (χ4v) is 2.19.